The zero-order chi connectivity index (χ0) is 10.7. The minimum Gasteiger partial charge on any atom is -0.366 e. The van der Waals surface area contributed by atoms with Gasteiger partial charge in [0.1, 0.15) is 0 Å². The van der Waals surface area contributed by atoms with Crippen molar-refractivity contribution in [2.45, 2.75) is 0 Å². The third-order valence-corrected chi connectivity index (χ3v) is 2.04. The van der Waals surface area contributed by atoms with Gasteiger partial charge in [0.2, 0.25) is 5.91 Å². The van der Waals surface area contributed by atoms with E-state index in [0.29, 0.717) is 0 Å². The Labute approximate surface area is 87.2 Å². The van der Waals surface area contributed by atoms with Crippen LogP contribution in [0.4, 0.5) is 0 Å². The van der Waals surface area contributed by atoms with Crippen LogP contribution < -0.4 is 5.73 Å². The smallest absolute Gasteiger partial charge is 0.241 e. The topological polar surface area (TPSA) is 56.0 Å². The highest BCUT2D eigenvalue weighted by Gasteiger charge is 1.94. The third kappa shape index (κ3) is 2.20. The van der Waals surface area contributed by atoms with Crippen molar-refractivity contribution >= 4 is 22.9 Å². The number of fused-ring (bicyclic) bond motifs is 1. The van der Waals surface area contributed by atoms with Crippen molar-refractivity contribution in [2.24, 2.45) is 5.73 Å². The summed E-state index contributed by atoms with van der Waals surface area (Å²) in [5, 5.41) is 1.08. The van der Waals surface area contributed by atoms with Gasteiger partial charge >= 0.3 is 0 Å². The quantitative estimate of drug-likeness (QED) is 0.747. The van der Waals surface area contributed by atoms with E-state index >= 15 is 0 Å². The number of nitrogens with zero attached hydrogens (tertiary/aromatic N) is 1. The highest BCUT2D eigenvalue weighted by molar-refractivity contribution is 5.90. The van der Waals surface area contributed by atoms with E-state index in [0.717, 1.165) is 16.6 Å². The molecule has 15 heavy (non-hydrogen) atoms. The summed E-state index contributed by atoms with van der Waals surface area (Å²) in [5.41, 5.74) is 6.64. The molecule has 1 amide bonds. The molecular weight excluding hydrogens is 188 g/mol. The Bertz CT molecular complexity index is 532. The lowest BCUT2D eigenvalue weighted by Crippen LogP contribution is -2.05. The Morgan fingerprint density at radius 3 is 2.80 bits per heavy atom. The summed E-state index contributed by atoms with van der Waals surface area (Å²) in [4.78, 5) is 14.9. The number of aromatic nitrogens is 1. The van der Waals surface area contributed by atoms with Gasteiger partial charge in [-0.25, -0.2) is 4.98 Å². The van der Waals surface area contributed by atoms with Gasteiger partial charge in [0.15, 0.2) is 0 Å². The Balaban J connectivity index is 2.43. The fraction of sp³-hybridized carbons (Fsp3) is 0. The van der Waals surface area contributed by atoms with Crippen molar-refractivity contribution in [3.05, 3.63) is 48.2 Å². The SMILES string of the molecule is NC(=O)/C=C\c1ccc2ccccc2n1. The minimum absolute atomic E-state index is 0.468. The van der Waals surface area contributed by atoms with E-state index in [1.807, 2.05) is 36.4 Å². The van der Waals surface area contributed by atoms with E-state index < -0.39 is 5.91 Å². The van der Waals surface area contributed by atoms with Crippen LogP contribution in [0.15, 0.2) is 42.5 Å². The molecule has 2 rings (SSSR count). The molecular formula is C12H10N2O. The van der Waals surface area contributed by atoms with Gasteiger partial charge in [-0.3, -0.25) is 4.79 Å². The summed E-state index contributed by atoms with van der Waals surface area (Å²) in [6.45, 7) is 0. The summed E-state index contributed by atoms with van der Waals surface area (Å²) in [6.07, 6.45) is 2.91. The molecule has 0 aliphatic rings. The van der Waals surface area contributed by atoms with Gasteiger partial charge in [-0.2, -0.15) is 0 Å². The fourth-order valence-electron chi connectivity index (χ4n) is 1.34. The fourth-order valence-corrected chi connectivity index (χ4v) is 1.34. The molecule has 0 unspecified atom stereocenters. The summed E-state index contributed by atoms with van der Waals surface area (Å²) in [6, 6.07) is 11.6. The van der Waals surface area contributed by atoms with Crippen LogP contribution in [-0.2, 0) is 4.79 Å². The van der Waals surface area contributed by atoms with Crippen LogP contribution in [0.2, 0.25) is 0 Å². The van der Waals surface area contributed by atoms with Gasteiger partial charge < -0.3 is 5.73 Å². The highest BCUT2D eigenvalue weighted by atomic mass is 16.1. The number of hydrogen-bond acceptors (Lipinski definition) is 2. The molecule has 0 aliphatic heterocycles. The standard InChI is InChI=1S/C12H10N2O/c13-12(15)8-7-10-6-5-9-3-1-2-4-11(9)14-10/h1-8H,(H2,13,15)/b8-7-. The van der Waals surface area contributed by atoms with Crippen molar-refractivity contribution in [1.29, 1.82) is 0 Å². The second-order valence-corrected chi connectivity index (χ2v) is 3.16. The molecule has 3 nitrogen and oxygen atoms in total. The van der Waals surface area contributed by atoms with Crippen LogP contribution in [0, 0.1) is 0 Å². The summed E-state index contributed by atoms with van der Waals surface area (Å²) >= 11 is 0. The summed E-state index contributed by atoms with van der Waals surface area (Å²) in [5.74, 6) is -0.468. The second-order valence-electron chi connectivity index (χ2n) is 3.16. The molecule has 0 atom stereocenters. The molecule has 0 saturated carbocycles. The maximum absolute atomic E-state index is 10.5. The van der Waals surface area contributed by atoms with Gasteiger partial charge in [-0.05, 0) is 18.2 Å². The summed E-state index contributed by atoms with van der Waals surface area (Å²) in [7, 11) is 0. The van der Waals surface area contributed by atoms with Crippen molar-refractivity contribution in [3.63, 3.8) is 0 Å². The Morgan fingerprint density at radius 1 is 1.20 bits per heavy atom. The van der Waals surface area contributed by atoms with E-state index in [1.165, 1.54) is 6.08 Å². The first kappa shape index (κ1) is 9.40. The molecule has 0 spiro atoms. The molecule has 0 saturated heterocycles. The number of amides is 1. The molecule has 1 aromatic heterocycles. The van der Waals surface area contributed by atoms with E-state index in [1.54, 1.807) is 6.08 Å². The molecule has 3 heteroatoms. The van der Waals surface area contributed by atoms with E-state index in [-0.39, 0.29) is 0 Å². The van der Waals surface area contributed by atoms with Gasteiger partial charge in [0, 0.05) is 11.5 Å². The number of benzene rings is 1. The molecule has 74 valence electrons. The van der Waals surface area contributed by atoms with Crippen LogP contribution in [0.1, 0.15) is 5.69 Å². The highest BCUT2D eigenvalue weighted by Crippen LogP contribution is 2.12. The van der Waals surface area contributed by atoms with E-state index in [2.05, 4.69) is 4.98 Å². The zero-order valence-corrected chi connectivity index (χ0v) is 8.05. The van der Waals surface area contributed by atoms with Crippen molar-refractivity contribution < 1.29 is 4.79 Å². The average molecular weight is 198 g/mol. The number of para-hydroxylation sites is 1. The molecule has 0 fully saturated rings. The maximum Gasteiger partial charge on any atom is 0.241 e. The first-order chi connectivity index (χ1) is 7.25. The third-order valence-electron chi connectivity index (χ3n) is 2.04. The molecule has 1 heterocycles. The van der Waals surface area contributed by atoms with Gasteiger partial charge in [-0.1, -0.05) is 24.3 Å². The van der Waals surface area contributed by atoms with Gasteiger partial charge in [0.05, 0.1) is 11.2 Å². The average Bonchev–Trinajstić information content (AvgIpc) is 2.26. The lowest BCUT2D eigenvalue weighted by molar-refractivity contribution is -0.113. The van der Waals surface area contributed by atoms with Crippen LogP contribution in [0.5, 0.6) is 0 Å². The Kier molecular flexibility index (Phi) is 2.46. The van der Waals surface area contributed by atoms with Crippen molar-refractivity contribution in [1.82, 2.24) is 4.98 Å². The van der Waals surface area contributed by atoms with Crippen molar-refractivity contribution in [3.8, 4) is 0 Å². The molecule has 0 aliphatic carbocycles. The molecule has 2 aromatic rings. The lowest BCUT2D eigenvalue weighted by Gasteiger charge is -1.97. The molecule has 2 N–H and O–H groups in total. The number of carbonyl (C=O) groups excluding carboxylic acids is 1. The van der Waals surface area contributed by atoms with Crippen LogP contribution >= 0.6 is 0 Å². The normalized spacial score (nSPS) is 10.9. The molecule has 0 bridgehead atoms. The second kappa shape index (κ2) is 3.92. The number of hydrogen-bond donors (Lipinski definition) is 1. The number of nitrogens with two attached hydrogens (primary N) is 1. The monoisotopic (exact) mass is 198 g/mol. The largest absolute Gasteiger partial charge is 0.366 e. The van der Waals surface area contributed by atoms with Gasteiger partial charge in [0.25, 0.3) is 0 Å². The maximum atomic E-state index is 10.5. The predicted octanol–water partition coefficient (Wildman–Crippen LogP) is 1.73. The van der Waals surface area contributed by atoms with Crippen LogP contribution in [-0.4, -0.2) is 10.9 Å². The predicted molar refractivity (Wildman–Crippen MR) is 60.0 cm³/mol. The van der Waals surface area contributed by atoms with E-state index in [9.17, 15) is 4.79 Å². The number of rotatable bonds is 2. The Hall–Kier alpha value is -2.16. The first-order valence-electron chi connectivity index (χ1n) is 4.59. The minimum atomic E-state index is -0.468. The van der Waals surface area contributed by atoms with Gasteiger partial charge in [-0.15, -0.1) is 0 Å². The van der Waals surface area contributed by atoms with Crippen LogP contribution in [0.3, 0.4) is 0 Å². The Morgan fingerprint density at radius 2 is 2.00 bits per heavy atom. The van der Waals surface area contributed by atoms with Crippen molar-refractivity contribution in [2.75, 3.05) is 0 Å². The first-order valence-corrected chi connectivity index (χ1v) is 4.59. The van der Waals surface area contributed by atoms with Crippen LogP contribution in [0.25, 0.3) is 17.0 Å². The van der Waals surface area contributed by atoms with E-state index in [4.69, 9.17) is 5.73 Å². The lowest BCUT2D eigenvalue weighted by atomic mass is 10.2. The summed E-state index contributed by atoms with van der Waals surface area (Å²) < 4.78 is 0. The number of pyridine rings is 1. The molecule has 0 radical (unpaired) electrons. The molecule has 1 aromatic carbocycles. The number of carbonyl (C=O) groups is 1. The number of primary amides is 1. The zero-order valence-electron chi connectivity index (χ0n) is 8.05.